The van der Waals surface area contributed by atoms with E-state index in [1.54, 1.807) is 0 Å². The number of ketones is 1. The van der Waals surface area contributed by atoms with Gasteiger partial charge in [-0.25, -0.2) is 0 Å². The molecule has 24 heavy (non-hydrogen) atoms. The van der Waals surface area contributed by atoms with Crippen molar-refractivity contribution in [1.82, 2.24) is 0 Å². The molecule has 0 aliphatic carbocycles. The summed E-state index contributed by atoms with van der Waals surface area (Å²) in [6, 6.07) is 0. The van der Waals surface area contributed by atoms with Crippen LogP contribution < -0.4 is 11.5 Å². The Bertz CT molecular complexity index is 771. The highest BCUT2D eigenvalue weighted by molar-refractivity contribution is 6.52. The number of phenols is 2. The number of anilines is 2. The van der Waals surface area contributed by atoms with E-state index in [-0.39, 0.29) is 31.5 Å². The zero-order valence-electron chi connectivity index (χ0n) is 11.2. The summed E-state index contributed by atoms with van der Waals surface area (Å²) in [4.78, 5) is 12.8. The lowest BCUT2D eigenvalue weighted by Gasteiger charge is -2.16. The van der Waals surface area contributed by atoms with Crippen LogP contribution in [0.1, 0.15) is 15.9 Å². The molecule has 0 saturated heterocycles. The molecule has 11 heteroatoms. The number of rotatable bonds is 2. The van der Waals surface area contributed by atoms with E-state index >= 15 is 0 Å². The zero-order chi connectivity index (χ0) is 18.5. The summed E-state index contributed by atoms with van der Waals surface area (Å²) in [5.41, 5.74) is 9.61. The molecule has 0 bridgehead atoms. The highest BCUT2D eigenvalue weighted by Crippen LogP contribution is 2.49. The number of nitrogens with two attached hydrogens (primary N) is 2. The van der Waals surface area contributed by atoms with Gasteiger partial charge in [-0.05, 0) is 0 Å². The lowest BCUT2D eigenvalue weighted by molar-refractivity contribution is 0.103. The van der Waals surface area contributed by atoms with Gasteiger partial charge in [0.05, 0.1) is 52.6 Å². The summed E-state index contributed by atoms with van der Waals surface area (Å²) in [7, 11) is 0. The number of benzene rings is 2. The third kappa shape index (κ3) is 2.79. The fourth-order valence-corrected chi connectivity index (χ4v) is 3.45. The average Bonchev–Trinajstić information content (AvgIpc) is 2.55. The van der Waals surface area contributed by atoms with Gasteiger partial charge in [-0.2, -0.15) is 0 Å². The van der Waals surface area contributed by atoms with Crippen molar-refractivity contribution in [3.8, 4) is 11.5 Å². The van der Waals surface area contributed by atoms with Crippen LogP contribution in [-0.4, -0.2) is 16.0 Å². The van der Waals surface area contributed by atoms with Crippen molar-refractivity contribution in [2.45, 2.75) is 0 Å². The maximum atomic E-state index is 12.8. The molecule has 2 aromatic rings. The van der Waals surface area contributed by atoms with Crippen LogP contribution in [0.4, 0.5) is 11.4 Å². The molecule has 0 saturated carbocycles. The Balaban J connectivity index is 2.87. The minimum Gasteiger partial charge on any atom is -0.504 e. The number of carbonyl (C=O) groups excluding carboxylic acids is 1. The molecule has 2 aromatic carbocycles. The first kappa shape index (κ1) is 19.4. The number of hydrogen-bond donors (Lipinski definition) is 4. The van der Waals surface area contributed by atoms with E-state index < -0.39 is 38.5 Å². The fourth-order valence-electron chi connectivity index (χ4n) is 1.85. The van der Waals surface area contributed by atoms with Gasteiger partial charge in [0, 0.05) is 0 Å². The van der Waals surface area contributed by atoms with Crippen molar-refractivity contribution in [3.63, 3.8) is 0 Å². The second kappa shape index (κ2) is 6.75. The van der Waals surface area contributed by atoms with Crippen molar-refractivity contribution in [2.75, 3.05) is 11.5 Å². The quantitative estimate of drug-likeness (QED) is 0.211. The molecular formula is C13H6Cl6N2O3. The molecule has 6 N–H and O–H groups in total. The molecule has 0 aliphatic heterocycles. The number of hydrogen-bond acceptors (Lipinski definition) is 5. The summed E-state index contributed by atoms with van der Waals surface area (Å²) in [5, 5.41) is 17.6. The maximum absolute atomic E-state index is 12.8. The molecule has 0 fully saturated rings. The molecule has 5 nitrogen and oxygen atoms in total. The predicted octanol–water partition coefficient (Wildman–Crippen LogP) is 5.41. The van der Waals surface area contributed by atoms with Crippen molar-refractivity contribution >= 4 is 86.8 Å². The normalized spacial score (nSPS) is 10.9. The average molecular weight is 451 g/mol. The van der Waals surface area contributed by atoms with E-state index in [0.717, 1.165) is 0 Å². The second-order valence-corrected chi connectivity index (χ2v) is 6.76. The van der Waals surface area contributed by atoms with Crippen molar-refractivity contribution in [1.29, 1.82) is 0 Å². The Morgan fingerprint density at radius 2 is 0.917 bits per heavy atom. The Labute approximate surface area is 165 Å². The van der Waals surface area contributed by atoms with Crippen molar-refractivity contribution < 1.29 is 15.0 Å². The van der Waals surface area contributed by atoms with Crippen LogP contribution in [0.2, 0.25) is 30.1 Å². The number of halogens is 6. The first-order valence-corrected chi connectivity index (χ1v) is 8.13. The first-order valence-electron chi connectivity index (χ1n) is 5.86. The smallest absolute Gasteiger partial charge is 0.199 e. The highest BCUT2D eigenvalue weighted by Gasteiger charge is 2.30. The summed E-state index contributed by atoms with van der Waals surface area (Å²) >= 11 is 35.6. The van der Waals surface area contributed by atoms with Gasteiger partial charge in [0.15, 0.2) is 17.3 Å². The minimum absolute atomic E-state index is 0.292. The Morgan fingerprint density at radius 3 is 1.21 bits per heavy atom. The van der Waals surface area contributed by atoms with Gasteiger partial charge in [0.25, 0.3) is 0 Å². The summed E-state index contributed by atoms with van der Waals surface area (Å²) < 4.78 is 0. The fraction of sp³-hybridized carbons (Fsp3) is 0. The SMILES string of the molecule is Nc1c(O)c(Cl)c(C(=O)c2c(Cl)c(O)c(N)c(Cl)c2Cl)c(Cl)c1Cl. The van der Waals surface area contributed by atoms with E-state index in [2.05, 4.69) is 0 Å². The van der Waals surface area contributed by atoms with Gasteiger partial charge in [-0.1, -0.05) is 69.6 Å². The van der Waals surface area contributed by atoms with Gasteiger partial charge < -0.3 is 21.7 Å². The monoisotopic (exact) mass is 448 g/mol. The highest BCUT2D eigenvalue weighted by atomic mass is 35.5. The van der Waals surface area contributed by atoms with Crippen LogP contribution in [0, 0.1) is 0 Å². The number of carbonyl (C=O) groups is 1. The van der Waals surface area contributed by atoms with E-state index in [1.165, 1.54) is 0 Å². The Kier molecular flexibility index (Phi) is 5.45. The van der Waals surface area contributed by atoms with Crippen LogP contribution in [0.15, 0.2) is 0 Å². The predicted molar refractivity (Wildman–Crippen MR) is 98.5 cm³/mol. The van der Waals surface area contributed by atoms with Crippen LogP contribution in [-0.2, 0) is 0 Å². The zero-order valence-corrected chi connectivity index (χ0v) is 15.8. The van der Waals surface area contributed by atoms with Gasteiger partial charge in [0.2, 0.25) is 0 Å². The van der Waals surface area contributed by atoms with Gasteiger partial charge in [-0.3, -0.25) is 4.79 Å². The van der Waals surface area contributed by atoms with E-state index in [0.29, 0.717) is 0 Å². The molecular weight excluding hydrogens is 445 g/mol. The van der Waals surface area contributed by atoms with Crippen molar-refractivity contribution in [3.05, 3.63) is 41.3 Å². The Hall–Kier alpha value is -0.950. The van der Waals surface area contributed by atoms with Crippen LogP contribution >= 0.6 is 69.6 Å². The molecule has 2 rings (SSSR count). The summed E-state index contributed by atoms with van der Waals surface area (Å²) in [6.07, 6.45) is 0. The molecule has 0 spiro atoms. The van der Waals surface area contributed by atoms with Gasteiger partial charge in [-0.15, -0.1) is 0 Å². The van der Waals surface area contributed by atoms with Gasteiger partial charge in [0.1, 0.15) is 0 Å². The molecule has 0 aromatic heterocycles. The Morgan fingerprint density at radius 1 is 0.625 bits per heavy atom. The topological polar surface area (TPSA) is 110 Å². The van der Waals surface area contributed by atoms with Crippen LogP contribution in [0.3, 0.4) is 0 Å². The van der Waals surface area contributed by atoms with E-state index in [4.69, 9.17) is 81.1 Å². The maximum Gasteiger partial charge on any atom is 0.199 e. The molecule has 0 atom stereocenters. The third-order valence-corrected chi connectivity index (χ3v) is 5.59. The first-order chi connectivity index (χ1) is 11.0. The second-order valence-electron chi connectivity index (χ2n) is 4.49. The lowest BCUT2D eigenvalue weighted by Crippen LogP contribution is -2.08. The standard InChI is InChI=1S/C13H6Cl6N2O3/c14-3-1(5(16)12(23)9(20)7(3)18)11(22)2-4(15)8(19)10(21)13(24)6(2)17/h23-24H,20-21H2. The van der Waals surface area contributed by atoms with Crippen LogP contribution in [0.5, 0.6) is 11.5 Å². The summed E-state index contributed by atoms with van der Waals surface area (Å²) in [6.45, 7) is 0. The third-order valence-electron chi connectivity index (χ3n) is 3.12. The molecule has 0 aliphatic rings. The largest absolute Gasteiger partial charge is 0.504 e. The molecule has 0 heterocycles. The molecule has 0 radical (unpaired) electrons. The molecule has 128 valence electrons. The molecule has 0 amide bonds. The summed E-state index contributed by atoms with van der Waals surface area (Å²) in [5.74, 6) is -2.24. The van der Waals surface area contributed by atoms with Gasteiger partial charge >= 0.3 is 0 Å². The minimum atomic E-state index is -0.950. The number of nitrogen functional groups attached to an aromatic ring is 2. The lowest BCUT2D eigenvalue weighted by atomic mass is 10.0. The van der Waals surface area contributed by atoms with Crippen molar-refractivity contribution in [2.24, 2.45) is 0 Å². The van der Waals surface area contributed by atoms with Crippen LogP contribution in [0.25, 0.3) is 0 Å². The molecule has 0 unspecified atom stereocenters. The number of aromatic hydroxyl groups is 2. The van der Waals surface area contributed by atoms with E-state index in [1.807, 2.05) is 0 Å². The van der Waals surface area contributed by atoms with E-state index in [9.17, 15) is 15.0 Å². The number of phenolic OH excluding ortho intramolecular Hbond substituents is 2.